The summed E-state index contributed by atoms with van der Waals surface area (Å²) < 4.78 is 3.75. The summed E-state index contributed by atoms with van der Waals surface area (Å²) in [5, 5.41) is 7.28. The number of aromatic nitrogens is 5. The molecule has 0 aliphatic carbocycles. The minimum atomic E-state index is -0.139. The molecule has 3 aromatic heterocycles. The van der Waals surface area contributed by atoms with Crippen molar-refractivity contribution in [3.8, 4) is 5.82 Å². The fraction of sp³-hybridized carbons (Fsp3) is 0.294. The van der Waals surface area contributed by atoms with Crippen LogP contribution in [0.25, 0.3) is 5.82 Å². The van der Waals surface area contributed by atoms with E-state index in [1.165, 1.54) is 0 Å². The molecule has 124 valence electrons. The van der Waals surface area contributed by atoms with Crippen molar-refractivity contribution in [1.29, 1.82) is 0 Å². The molecule has 0 fully saturated rings. The molecule has 7 nitrogen and oxygen atoms in total. The first kappa shape index (κ1) is 15.9. The van der Waals surface area contributed by atoms with Gasteiger partial charge in [0.2, 0.25) is 0 Å². The van der Waals surface area contributed by atoms with Crippen LogP contribution in [0.1, 0.15) is 27.6 Å². The number of amides is 1. The molecule has 0 saturated heterocycles. The standard InChI is InChI=1S/C17H20N6O/c1-12-10-13(2)23(21-12)16-5-4-15(11-20-16)17(24)19-7-9-22-8-6-18-14(22)3/h4-6,8,10-11H,7,9H2,1-3H3,(H,19,24). The van der Waals surface area contributed by atoms with Crippen LogP contribution in [0.2, 0.25) is 0 Å². The largest absolute Gasteiger partial charge is 0.350 e. The van der Waals surface area contributed by atoms with Gasteiger partial charge in [-0.3, -0.25) is 4.79 Å². The lowest BCUT2D eigenvalue weighted by Gasteiger charge is -2.08. The molecule has 7 heteroatoms. The van der Waals surface area contributed by atoms with Crippen LogP contribution >= 0.6 is 0 Å². The molecule has 3 aromatic rings. The predicted octanol–water partition coefficient (Wildman–Crippen LogP) is 1.82. The zero-order chi connectivity index (χ0) is 17.1. The number of carbonyl (C=O) groups is 1. The Balaban J connectivity index is 1.61. The molecule has 3 heterocycles. The van der Waals surface area contributed by atoms with Gasteiger partial charge in [0.05, 0.1) is 11.3 Å². The van der Waals surface area contributed by atoms with Gasteiger partial charge in [0.25, 0.3) is 5.91 Å². The molecule has 24 heavy (non-hydrogen) atoms. The van der Waals surface area contributed by atoms with Crippen molar-refractivity contribution >= 4 is 5.91 Å². The third kappa shape index (κ3) is 3.34. The van der Waals surface area contributed by atoms with E-state index < -0.39 is 0 Å². The maximum absolute atomic E-state index is 12.2. The Kier molecular flexibility index (Phi) is 4.41. The normalized spacial score (nSPS) is 10.8. The van der Waals surface area contributed by atoms with Crippen molar-refractivity contribution in [3.05, 3.63) is 59.6 Å². The Morgan fingerprint density at radius 3 is 2.62 bits per heavy atom. The molecular formula is C17H20N6O. The second-order valence-corrected chi connectivity index (χ2v) is 5.67. The maximum atomic E-state index is 12.2. The number of carbonyl (C=O) groups excluding carboxylic acids is 1. The Morgan fingerprint density at radius 2 is 2.04 bits per heavy atom. The summed E-state index contributed by atoms with van der Waals surface area (Å²) in [6.45, 7) is 7.07. The molecule has 0 atom stereocenters. The maximum Gasteiger partial charge on any atom is 0.252 e. The van der Waals surface area contributed by atoms with E-state index in [1.54, 1.807) is 29.2 Å². The van der Waals surface area contributed by atoms with Gasteiger partial charge in [-0.1, -0.05) is 0 Å². The van der Waals surface area contributed by atoms with E-state index in [0.29, 0.717) is 24.5 Å². The first-order valence-corrected chi connectivity index (χ1v) is 7.80. The van der Waals surface area contributed by atoms with E-state index in [2.05, 4.69) is 20.4 Å². The second kappa shape index (κ2) is 6.66. The number of hydrogen-bond donors (Lipinski definition) is 1. The molecule has 1 N–H and O–H groups in total. The first-order valence-electron chi connectivity index (χ1n) is 7.80. The highest BCUT2D eigenvalue weighted by molar-refractivity contribution is 5.93. The highest BCUT2D eigenvalue weighted by atomic mass is 16.1. The summed E-state index contributed by atoms with van der Waals surface area (Å²) in [7, 11) is 0. The molecular weight excluding hydrogens is 304 g/mol. The molecule has 0 bridgehead atoms. The van der Waals surface area contributed by atoms with Crippen LogP contribution in [-0.4, -0.2) is 36.8 Å². The zero-order valence-corrected chi connectivity index (χ0v) is 14.0. The molecule has 3 rings (SSSR count). The van der Waals surface area contributed by atoms with Gasteiger partial charge in [-0.25, -0.2) is 14.6 Å². The third-order valence-electron chi connectivity index (χ3n) is 3.80. The van der Waals surface area contributed by atoms with Crippen LogP contribution in [0, 0.1) is 20.8 Å². The molecule has 0 saturated carbocycles. The van der Waals surface area contributed by atoms with E-state index in [9.17, 15) is 4.79 Å². The number of nitrogens with zero attached hydrogens (tertiary/aromatic N) is 5. The molecule has 1 amide bonds. The van der Waals surface area contributed by atoms with E-state index in [-0.39, 0.29) is 5.91 Å². The Labute approximate surface area is 140 Å². The van der Waals surface area contributed by atoms with Gasteiger partial charge in [0.1, 0.15) is 5.82 Å². The van der Waals surface area contributed by atoms with Gasteiger partial charge in [-0.2, -0.15) is 5.10 Å². The van der Waals surface area contributed by atoms with Crippen LogP contribution in [0.3, 0.4) is 0 Å². The first-order chi connectivity index (χ1) is 11.5. The van der Waals surface area contributed by atoms with Crippen molar-refractivity contribution < 1.29 is 4.79 Å². The number of rotatable bonds is 5. The van der Waals surface area contributed by atoms with Crippen molar-refractivity contribution in [2.75, 3.05) is 6.54 Å². The topological polar surface area (TPSA) is 77.6 Å². The highest BCUT2D eigenvalue weighted by Gasteiger charge is 2.09. The number of nitrogens with one attached hydrogen (secondary N) is 1. The van der Waals surface area contributed by atoms with E-state index in [1.807, 2.05) is 37.6 Å². The van der Waals surface area contributed by atoms with Gasteiger partial charge >= 0.3 is 0 Å². The SMILES string of the molecule is Cc1cc(C)n(-c2ccc(C(=O)NCCn3ccnc3C)cn2)n1. The van der Waals surface area contributed by atoms with Crippen LogP contribution in [0.5, 0.6) is 0 Å². The van der Waals surface area contributed by atoms with Crippen molar-refractivity contribution in [2.45, 2.75) is 27.3 Å². The fourth-order valence-electron chi connectivity index (χ4n) is 2.54. The number of imidazole rings is 1. The molecule has 0 aliphatic rings. The lowest BCUT2D eigenvalue weighted by atomic mass is 10.2. The quantitative estimate of drug-likeness (QED) is 0.776. The Bertz CT molecular complexity index is 846. The zero-order valence-electron chi connectivity index (χ0n) is 14.0. The lowest BCUT2D eigenvalue weighted by molar-refractivity contribution is 0.0952. The second-order valence-electron chi connectivity index (χ2n) is 5.67. The van der Waals surface area contributed by atoms with Crippen LogP contribution < -0.4 is 5.32 Å². The minimum Gasteiger partial charge on any atom is -0.350 e. The lowest BCUT2D eigenvalue weighted by Crippen LogP contribution is -2.27. The molecule has 0 spiro atoms. The summed E-state index contributed by atoms with van der Waals surface area (Å²) in [5.74, 6) is 1.49. The van der Waals surface area contributed by atoms with Crippen molar-refractivity contribution in [2.24, 2.45) is 0 Å². The van der Waals surface area contributed by atoms with Crippen molar-refractivity contribution in [3.63, 3.8) is 0 Å². The fourth-order valence-corrected chi connectivity index (χ4v) is 2.54. The average molecular weight is 324 g/mol. The van der Waals surface area contributed by atoms with Crippen LogP contribution in [0.15, 0.2) is 36.8 Å². The van der Waals surface area contributed by atoms with Gasteiger partial charge in [0.15, 0.2) is 5.82 Å². The molecule has 0 unspecified atom stereocenters. The monoisotopic (exact) mass is 324 g/mol. The number of hydrogen-bond acceptors (Lipinski definition) is 4. The van der Waals surface area contributed by atoms with Crippen molar-refractivity contribution in [1.82, 2.24) is 29.6 Å². The summed E-state index contributed by atoms with van der Waals surface area (Å²) in [4.78, 5) is 20.7. The number of aryl methyl sites for hydroxylation is 3. The highest BCUT2D eigenvalue weighted by Crippen LogP contribution is 2.10. The third-order valence-corrected chi connectivity index (χ3v) is 3.80. The average Bonchev–Trinajstić information content (AvgIpc) is 3.12. The van der Waals surface area contributed by atoms with E-state index >= 15 is 0 Å². The summed E-state index contributed by atoms with van der Waals surface area (Å²) in [6.07, 6.45) is 5.22. The smallest absolute Gasteiger partial charge is 0.252 e. The summed E-state index contributed by atoms with van der Waals surface area (Å²) >= 11 is 0. The molecule has 0 aliphatic heterocycles. The van der Waals surface area contributed by atoms with E-state index in [0.717, 1.165) is 17.2 Å². The Hall–Kier alpha value is -2.96. The molecule has 0 radical (unpaired) electrons. The van der Waals surface area contributed by atoms with E-state index in [4.69, 9.17) is 0 Å². The Morgan fingerprint density at radius 1 is 1.21 bits per heavy atom. The van der Waals surface area contributed by atoms with Crippen LogP contribution in [-0.2, 0) is 6.54 Å². The predicted molar refractivity (Wildman–Crippen MR) is 90.1 cm³/mol. The van der Waals surface area contributed by atoms with Gasteiger partial charge in [-0.05, 0) is 39.0 Å². The summed E-state index contributed by atoms with van der Waals surface area (Å²) in [5.41, 5.74) is 2.47. The van der Waals surface area contributed by atoms with Gasteiger partial charge in [0, 0.05) is 37.4 Å². The summed E-state index contributed by atoms with van der Waals surface area (Å²) in [6, 6.07) is 5.55. The number of pyridine rings is 1. The van der Waals surface area contributed by atoms with Gasteiger partial charge in [-0.15, -0.1) is 0 Å². The van der Waals surface area contributed by atoms with Gasteiger partial charge < -0.3 is 9.88 Å². The van der Waals surface area contributed by atoms with Crippen LogP contribution in [0.4, 0.5) is 0 Å². The minimum absolute atomic E-state index is 0.139. The molecule has 0 aromatic carbocycles.